The maximum absolute atomic E-state index is 13.4. The van der Waals surface area contributed by atoms with Crippen molar-refractivity contribution in [1.82, 2.24) is 0 Å². The Bertz CT molecular complexity index is 657. The minimum Gasteiger partial charge on any atom is -0.465 e. The fraction of sp³-hybridized carbons (Fsp3) is 0.133. The molecule has 0 amide bonds. The topological polar surface area (TPSA) is 38.3 Å². The van der Waals surface area contributed by atoms with Crippen LogP contribution in [0.4, 0.5) is 18.9 Å². The molecule has 0 spiro atoms. The van der Waals surface area contributed by atoms with Gasteiger partial charge in [0.15, 0.2) is 11.6 Å². The lowest BCUT2D eigenvalue weighted by molar-refractivity contribution is 0.0600. The highest BCUT2D eigenvalue weighted by atomic mass is 19.2. The van der Waals surface area contributed by atoms with Crippen molar-refractivity contribution in [2.24, 2.45) is 0 Å². The molecule has 0 aliphatic heterocycles. The summed E-state index contributed by atoms with van der Waals surface area (Å²) in [5.74, 6) is -3.69. The van der Waals surface area contributed by atoms with Crippen LogP contribution in [0.5, 0.6) is 0 Å². The average Bonchev–Trinajstić information content (AvgIpc) is 2.49. The van der Waals surface area contributed by atoms with Gasteiger partial charge in [0.2, 0.25) is 0 Å². The molecular formula is C15H12F3NO2. The first kappa shape index (κ1) is 14.9. The van der Waals surface area contributed by atoms with Crippen LogP contribution in [-0.2, 0) is 11.3 Å². The van der Waals surface area contributed by atoms with E-state index >= 15 is 0 Å². The van der Waals surface area contributed by atoms with Gasteiger partial charge in [-0.1, -0.05) is 12.1 Å². The molecule has 2 aromatic carbocycles. The van der Waals surface area contributed by atoms with Crippen molar-refractivity contribution in [2.75, 3.05) is 12.4 Å². The summed E-state index contributed by atoms with van der Waals surface area (Å²) < 4.78 is 43.8. The molecular weight excluding hydrogens is 283 g/mol. The van der Waals surface area contributed by atoms with Gasteiger partial charge < -0.3 is 10.1 Å². The van der Waals surface area contributed by atoms with Gasteiger partial charge in [-0.05, 0) is 17.7 Å². The zero-order valence-corrected chi connectivity index (χ0v) is 11.1. The van der Waals surface area contributed by atoms with Crippen molar-refractivity contribution in [3.05, 3.63) is 65.0 Å². The van der Waals surface area contributed by atoms with Crippen LogP contribution in [0.15, 0.2) is 36.4 Å². The van der Waals surface area contributed by atoms with Crippen LogP contribution in [0.2, 0.25) is 0 Å². The molecule has 0 aliphatic carbocycles. The summed E-state index contributed by atoms with van der Waals surface area (Å²) in [5.41, 5.74) is 0.998. The van der Waals surface area contributed by atoms with Crippen LogP contribution in [0.3, 0.4) is 0 Å². The van der Waals surface area contributed by atoms with E-state index < -0.39 is 23.4 Å². The lowest BCUT2D eigenvalue weighted by Crippen LogP contribution is -2.04. The van der Waals surface area contributed by atoms with Gasteiger partial charge in [0.05, 0.1) is 18.4 Å². The Kier molecular flexibility index (Phi) is 4.47. The zero-order valence-electron chi connectivity index (χ0n) is 11.1. The first-order valence-electron chi connectivity index (χ1n) is 6.07. The molecule has 0 saturated heterocycles. The number of hydrogen-bond acceptors (Lipinski definition) is 3. The van der Waals surface area contributed by atoms with Crippen LogP contribution in [0.25, 0.3) is 0 Å². The van der Waals surface area contributed by atoms with Crippen LogP contribution in [0.1, 0.15) is 15.9 Å². The predicted octanol–water partition coefficient (Wildman–Crippen LogP) is 3.50. The van der Waals surface area contributed by atoms with Crippen molar-refractivity contribution in [2.45, 2.75) is 6.54 Å². The van der Waals surface area contributed by atoms with Gasteiger partial charge in [0.1, 0.15) is 5.82 Å². The quantitative estimate of drug-likeness (QED) is 0.693. The van der Waals surface area contributed by atoms with E-state index in [1.807, 2.05) is 0 Å². The van der Waals surface area contributed by atoms with Crippen LogP contribution < -0.4 is 5.32 Å². The maximum Gasteiger partial charge on any atom is 0.337 e. The number of methoxy groups -OCH3 is 1. The van der Waals surface area contributed by atoms with E-state index in [1.54, 1.807) is 24.3 Å². The Balaban J connectivity index is 2.06. The number of halogens is 3. The highest BCUT2D eigenvalue weighted by molar-refractivity contribution is 5.89. The Morgan fingerprint density at radius 1 is 1.05 bits per heavy atom. The van der Waals surface area contributed by atoms with Crippen LogP contribution in [0, 0.1) is 17.5 Å². The number of carbonyl (C=O) groups is 1. The molecule has 0 atom stereocenters. The van der Waals surface area contributed by atoms with Gasteiger partial charge in [-0.25, -0.2) is 18.0 Å². The molecule has 21 heavy (non-hydrogen) atoms. The molecule has 0 aliphatic rings. The molecule has 0 saturated carbocycles. The van der Waals surface area contributed by atoms with E-state index in [9.17, 15) is 18.0 Å². The summed E-state index contributed by atoms with van der Waals surface area (Å²) >= 11 is 0. The number of benzene rings is 2. The molecule has 0 radical (unpaired) electrons. The van der Waals surface area contributed by atoms with E-state index in [-0.39, 0.29) is 12.2 Å². The molecule has 2 rings (SSSR count). The largest absolute Gasteiger partial charge is 0.465 e. The summed E-state index contributed by atoms with van der Waals surface area (Å²) in [5, 5.41) is 2.66. The van der Waals surface area contributed by atoms with Crippen LogP contribution >= 0.6 is 0 Å². The number of rotatable bonds is 4. The highest BCUT2D eigenvalue weighted by Gasteiger charge is 2.09. The Morgan fingerprint density at radius 2 is 1.67 bits per heavy atom. The summed E-state index contributed by atoms with van der Waals surface area (Å²) in [7, 11) is 1.28. The second kappa shape index (κ2) is 6.30. The molecule has 0 aromatic heterocycles. The number of ether oxygens (including phenoxy) is 1. The van der Waals surface area contributed by atoms with Gasteiger partial charge in [-0.2, -0.15) is 0 Å². The third-order valence-corrected chi connectivity index (χ3v) is 2.87. The first-order chi connectivity index (χ1) is 10.0. The van der Waals surface area contributed by atoms with Gasteiger partial charge in [-0.15, -0.1) is 0 Å². The molecule has 0 unspecified atom stereocenters. The molecule has 1 N–H and O–H groups in total. The molecule has 2 aromatic rings. The lowest BCUT2D eigenvalue weighted by atomic mass is 10.1. The van der Waals surface area contributed by atoms with Gasteiger partial charge in [0.25, 0.3) is 0 Å². The molecule has 110 valence electrons. The van der Waals surface area contributed by atoms with Gasteiger partial charge >= 0.3 is 5.97 Å². The normalized spacial score (nSPS) is 10.3. The van der Waals surface area contributed by atoms with Gasteiger partial charge in [-0.3, -0.25) is 0 Å². The molecule has 0 heterocycles. The van der Waals surface area contributed by atoms with E-state index in [1.165, 1.54) is 7.11 Å². The monoisotopic (exact) mass is 295 g/mol. The minimum atomic E-state index is -1.24. The second-order valence-corrected chi connectivity index (χ2v) is 4.29. The third-order valence-electron chi connectivity index (χ3n) is 2.87. The minimum absolute atomic E-state index is 0.133. The van der Waals surface area contributed by atoms with Gasteiger partial charge in [0, 0.05) is 18.7 Å². The highest BCUT2D eigenvalue weighted by Crippen LogP contribution is 2.19. The fourth-order valence-electron chi connectivity index (χ4n) is 1.73. The summed E-state index contributed by atoms with van der Waals surface area (Å²) in [4.78, 5) is 11.3. The van der Waals surface area contributed by atoms with Crippen molar-refractivity contribution < 1.29 is 22.7 Å². The van der Waals surface area contributed by atoms with E-state index in [0.29, 0.717) is 11.6 Å². The van der Waals surface area contributed by atoms with Crippen molar-refractivity contribution in [3.8, 4) is 0 Å². The zero-order chi connectivity index (χ0) is 15.4. The number of hydrogen-bond donors (Lipinski definition) is 1. The van der Waals surface area contributed by atoms with Crippen molar-refractivity contribution in [3.63, 3.8) is 0 Å². The molecule has 0 bridgehead atoms. The van der Waals surface area contributed by atoms with Crippen molar-refractivity contribution in [1.29, 1.82) is 0 Å². The van der Waals surface area contributed by atoms with E-state index in [4.69, 9.17) is 0 Å². The number of anilines is 1. The summed E-state index contributed by atoms with van der Waals surface area (Å²) in [6.07, 6.45) is 0. The Hall–Kier alpha value is -2.50. The fourth-order valence-corrected chi connectivity index (χ4v) is 1.73. The first-order valence-corrected chi connectivity index (χ1v) is 6.07. The standard InChI is InChI=1S/C15H12F3NO2/c1-21-15(20)10-4-2-9(3-5-10)8-19-14-7-12(17)11(16)6-13(14)18/h2-7,19H,8H2,1H3. The lowest BCUT2D eigenvalue weighted by Gasteiger charge is -2.08. The van der Waals surface area contributed by atoms with Crippen LogP contribution in [-0.4, -0.2) is 13.1 Å². The average molecular weight is 295 g/mol. The second-order valence-electron chi connectivity index (χ2n) is 4.29. The predicted molar refractivity (Wildman–Crippen MR) is 71.4 cm³/mol. The molecule has 3 nitrogen and oxygen atoms in total. The SMILES string of the molecule is COC(=O)c1ccc(CNc2cc(F)c(F)cc2F)cc1. The number of nitrogens with one attached hydrogen (secondary N) is 1. The van der Waals surface area contributed by atoms with E-state index in [0.717, 1.165) is 11.6 Å². The molecule has 0 fully saturated rings. The third kappa shape index (κ3) is 3.53. The summed E-state index contributed by atoms with van der Waals surface area (Å²) in [6.45, 7) is 0.198. The number of carbonyl (C=O) groups excluding carboxylic acids is 1. The number of esters is 1. The molecule has 6 heteroatoms. The van der Waals surface area contributed by atoms with E-state index in [2.05, 4.69) is 10.1 Å². The maximum atomic E-state index is 13.4. The van der Waals surface area contributed by atoms with Crippen molar-refractivity contribution >= 4 is 11.7 Å². The Labute approximate surface area is 119 Å². The summed E-state index contributed by atoms with van der Waals surface area (Å²) in [6, 6.07) is 7.66. The smallest absolute Gasteiger partial charge is 0.337 e. The Morgan fingerprint density at radius 3 is 2.29 bits per heavy atom.